The van der Waals surface area contributed by atoms with Gasteiger partial charge in [-0.2, -0.15) is 5.10 Å². The number of amides is 1. The van der Waals surface area contributed by atoms with Crippen molar-refractivity contribution in [2.24, 2.45) is 5.10 Å². The molecule has 2 aromatic rings. The minimum absolute atomic E-state index is 0.0981. The zero-order valence-electron chi connectivity index (χ0n) is 13.7. The quantitative estimate of drug-likeness (QED) is 0.598. The fourth-order valence-electron chi connectivity index (χ4n) is 2.00. The molecule has 24 heavy (non-hydrogen) atoms. The molecule has 2 aromatic carbocycles. The van der Waals surface area contributed by atoms with E-state index in [1.54, 1.807) is 30.5 Å². The molecule has 0 radical (unpaired) electrons. The number of para-hydroxylation sites is 1. The van der Waals surface area contributed by atoms with Gasteiger partial charge >= 0.3 is 0 Å². The summed E-state index contributed by atoms with van der Waals surface area (Å²) in [5.74, 6) is 0.936. The predicted molar refractivity (Wildman–Crippen MR) is 98.0 cm³/mol. The number of nitrogens with zero attached hydrogens (tertiary/aromatic N) is 1. The van der Waals surface area contributed by atoms with Crippen LogP contribution in [0.1, 0.15) is 29.8 Å². The van der Waals surface area contributed by atoms with Crippen LogP contribution in [0.4, 0.5) is 0 Å². The standard InChI is InChI=1S/C18H19BrN2O3/c1-12(2)24-17-9-8-13(10-15(17)19)11-20-21-18(22)14-6-4-5-7-16(14)23-3/h4-12H,1-3H3,(H,21,22)/b20-11+. The number of carbonyl (C=O) groups excluding carboxylic acids is 1. The number of halogens is 1. The van der Waals surface area contributed by atoms with Gasteiger partial charge in [0.05, 0.1) is 29.5 Å². The zero-order valence-corrected chi connectivity index (χ0v) is 15.3. The Hall–Kier alpha value is -2.34. The van der Waals surface area contributed by atoms with Crippen molar-refractivity contribution in [2.75, 3.05) is 7.11 Å². The van der Waals surface area contributed by atoms with Crippen LogP contribution in [0.5, 0.6) is 11.5 Å². The van der Waals surface area contributed by atoms with Crippen LogP contribution >= 0.6 is 15.9 Å². The molecule has 0 aromatic heterocycles. The van der Waals surface area contributed by atoms with Gasteiger partial charge in [0, 0.05) is 0 Å². The van der Waals surface area contributed by atoms with E-state index >= 15 is 0 Å². The molecule has 0 heterocycles. The van der Waals surface area contributed by atoms with Gasteiger partial charge in [-0.25, -0.2) is 5.43 Å². The number of benzene rings is 2. The third-order valence-corrected chi connectivity index (χ3v) is 3.67. The van der Waals surface area contributed by atoms with E-state index in [0.29, 0.717) is 11.3 Å². The van der Waals surface area contributed by atoms with Crippen LogP contribution in [0.2, 0.25) is 0 Å². The van der Waals surface area contributed by atoms with Gasteiger partial charge in [-0.15, -0.1) is 0 Å². The van der Waals surface area contributed by atoms with E-state index in [1.807, 2.05) is 32.0 Å². The summed E-state index contributed by atoms with van der Waals surface area (Å²) >= 11 is 3.46. The third kappa shape index (κ3) is 4.83. The summed E-state index contributed by atoms with van der Waals surface area (Å²) in [6.07, 6.45) is 1.66. The largest absolute Gasteiger partial charge is 0.496 e. The minimum Gasteiger partial charge on any atom is -0.496 e. The van der Waals surface area contributed by atoms with Gasteiger partial charge in [-0.3, -0.25) is 4.79 Å². The van der Waals surface area contributed by atoms with Crippen LogP contribution in [-0.2, 0) is 0 Å². The number of rotatable bonds is 6. The molecule has 0 unspecified atom stereocenters. The maximum atomic E-state index is 12.1. The molecule has 1 N–H and O–H groups in total. The molecule has 0 spiro atoms. The van der Waals surface area contributed by atoms with E-state index in [-0.39, 0.29) is 12.0 Å². The summed E-state index contributed by atoms with van der Waals surface area (Å²) in [6.45, 7) is 3.93. The van der Waals surface area contributed by atoms with Crippen LogP contribution < -0.4 is 14.9 Å². The van der Waals surface area contributed by atoms with Crippen molar-refractivity contribution in [3.8, 4) is 11.5 Å². The Labute approximate surface area is 149 Å². The SMILES string of the molecule is COc1ccccc1C(=O)N/N=C/c1ccc(OC(C)C)c(Br)c1. The lowest BCUT2D eigenvalue weighted by molar-refractivity contribution is 0.0952. The third-order valence-electron chi connectivity index (χ3n) is 3.05. The van der Waals surface area contributed by atoms with Crippen LogP contribution in [0.3, 0.4) is 0 Å². The molecule has 0 atom stereocenters. The highest BCUT2D eigenvalue weighted by molar-refractivity contribution is 9.10. The van der Waals surface area contributed by atoms with Gasteiger partial charge < -0.3 is 9.47 Å². The number of ether oxygens (including phenoxy) is 2. The van der Waals surface area contributed by atoms with Crippen molar-refractivity contribution >= 4 is 28.1 Å². The number of hydrogen-bond donors (Lipinski definition) is 1. The Morgan fingerprint density at radius 3 is 2.62 bits per heavy atom. The first-order valence-corrected chi connectivity index (χ1v) is 8.23. The maximum absolute atomic E-state index is 12.1. The second-order valence-electron chi connectivity index (χ2n) is 5.26. The van der Waals surface area contributed by atoms with E-state index in [0.717, 1.165) is 15.8 Å². The molecule has 126 valence electrons. The van der Waals surface area contributed by atoms with E-state index in [4.69, 9.17) is 9.47 Å². The van der Waals surface area contributed by atoms with Crippen LogP contribution in [-0.4, -0.2) is 25.3 Å². The smallest absolute Gasteiger partial charge is 0.275 e. The lowest BCUT2D eigenvalue weighted by atomic mass is 10.2. The van der Waals surface area contributed by atoms with E-state index < -0.39 is 0 Å². The molecule has 0 aliphatic rings. The first-order chi connectivity index (χ1) is 11.5. The molecule has 0 bridgehead atoms. The second-order valence-corrected chi connectivity index (χ2v) is 6.11. The average molecular weight is 391 g/mol. The summed E-state index contributed by atoms with van der Waals surface area (Å²) in [5.41, 5.74) is 3.75. The van der Waals surface area contributed by atoms with Gasteiger partial charge in [0.2, 0.25) is 0 Å². The highest BCUT2D eigenvalue weighted by Gasteiger charge is 2.10. The van der Waals surface area contributed by atoms with Crippen LogP contribution in [0.15, 0.2) is 52.0 Å². The number of nitrogens with one attached hydrogen (secondary N) is 1. The topological polar surface area (TPSA) is 59.9 Å². The Kier molecular flexibility index (Phi) is 6.37. The molecule has 0 aliphatic carbocycles. The summed E-state index contributed by atoms with van der Waals surface area (Å²) < 4.78 is 11.6. The number of hydrazone groups is 1. The van der Waals surface area contributed by atoms with Gasteiger partial charge in [0.25, 0.3) is 5.91 Å². The lowest BCUT2D eigenvalue weighted by Gasteiger charge is -2.11. The normalized spacial score (nSPS) is 10.9. The van der Waals surface area contributed by atoms with Crippen molar-refractivity contribution in [1.29, 1.82) is 0 Å². The average Bonchev–Trinajstić information content (AvgIpc) is 2.56. The van der Waals surface area contributed by atoms with Gasteiger partial charge in [0.15, 0.2) is 0 Å². The highest BCUT2D eigenvalue weighted by atomic mass is 79.9. The Balaban J connectivity index is 2.03. The minimum atomic E-state index is -0.331. The van der Waals surface area contributed by atoms with Crippen molar-refractivity contribution in [1.82, 2.24) is 5.43 Å². The first kappa shape index (κ1) is 18.0. The van der Waals surface area contributed by atoms with Crippen LogP contribution in [0, 0.1) is 0 Å². The fourth-order valence-corrected chi connectivity index (χ4v) is 2.49. The first-order valence-electron chi connectivity index (χ1n) is 7.44. The lowest BCUT2D eigenvalue weighted by Crippen LogP contribution is -2.18. The molecule has 0 fully saturated rings. The highest BCUT2D eigenvalue weighted by Crippen LogP contribution is 2.26. The van der Waals surface area contributed by atoms with Crippen LogP contribution in [0.25, 0.3) is 0 Å². The summed E-state index contributed by atoms with van der Waals surface area (Å²) in [4.78, 5) is 12.1. The second kappa shape index (κ2) is 8.49. The summed E-state index contributed by atoms with van der Waals surface area (Å²) in [5, 5.41) is 3.98. The number of carbonyl (C=O) groups is 1. The molecular weight excluding hydrogens is 372 g/mol. The molecule has 0 aliphatic heterocycles. The number of hydrogen-bond acceptors (Lipinski definition) is 4. The molecular formula is C18H19BrN2O3. The Morgan fingerprint density at radius 1 is 1.21 bits per heavy atom. The van der Waals surface area contributed by atoms with Crippen molar-refractivity contribution < 1.29 is 14.3 Å². The van der Waals surface area contributed by atoms with Gasteiger partial charge in [0.1, 0.15) is 11.5 Å². The summed E-state index contributed by atoms with van der Waals surface area (Å²) in [7, 11) is 1.52. The van der Waals surface area contributed by atoms with E-state index in [1.165, 1.54) is 7.11 Å². The van der Waals surface area contributed by atoms with Gasteiger partial charge in [-0.05, 0) is 65.7 Å². The molecule has 5 nitrogen and oxygen atoms in total. The zero-order chi connectivity index (χ0) is 17.5. The molecule has 2 rings (SSSR count). The molecule has 6 heteroatoms. The maximum Gasteiger partial charge on any atom is 0.275 e. The van der Waals surface area contributed by atoms with Crippen molar-refractivity contribution in [2.45, 2.75) is 20.0 Å². The molecule has 0 saturated heterocycles. The van der Waals surface area contributed by atoms with E-state index in [9.17, 15) is 4.79 Å². The van der Waals surface area contributed by atoms with Crippen molar-refractivity contribution in [3.05, 3.63) is 58.1 Å². The molecule has 0 saturated carbocycles. The number of methoxy groups -OCH3 is 1. The molecule has 1 amide bonds. The Bertz CT molecular complexity index is 745. The monoisotopic (exact) mass is 390 g/mol. The fraction of sp³-hybridized carbons (Fsp3) is 0.222. The predicted octanol–water partition coefficient (Wildman–Crippen LogP) is 4.01. The Morgan fingerprint density at radius 2 is 1.96 bits per heavy atom. The summed E-state index contributed by atoms with van der Waals surface area (Å²) in [6, 6.07) is 12.6. The van der Waals surface area contributed by atoms with Gasteiger partial charge in [-0.1, -0.05) is 12.1 Å². The van der Waals surface area contributed by atoms with Crippen molar-refractivity contribution in [3.63, 3.8) is 0 Å². The van der Waals surface area contributed by atoms with E-state index in [2.05, 4.69) is 26.5 Å².